The number of methoxy groups -OCH3 is 1. The Bertz CT molecular complexity index is 413. The maximum Gasteiger partial charge on any atom is 0.307 e. The number of benzene rings is 1. The van der Waals surface area contributed by atoms with Crippen LogP contribution in [0, 0.1) is 0 Å². The minimum atomic E-state index is -0.835. The van der Waals surface area contributed by atoms with Crippen molar-refractivity contribution in [1.29, 1.82) is 0 Å². The van der Waals surface area contributed by atoms with Crippen LogP contribution in [0.5, 0.6) is 5.75 Å². The molecule has 1 aromatic rings. The average molecular weight is 235 g/mol. The van der Waals surface area contributed by atoms with Gasteiger partial charge < -0.3 is 15.2 Å². The molecule has 0 spiro atoms. The number of hydrogen-bond donors (Lipinski definition) is 2. The highest BCUT2D eigenvalue weighted by molar-refractivity contribution is 5.73. The van der Waals surface area contributed by atoms with Gasteiger partial charge in [0.1, 0.15) is 5.75 Å². The number of nitrogens with one attached hydrogen (secondary N) is 1. The van der Waals surface area contributed by atoms with Crippen LogP contribution in [-0.4, -0.2) is 31.8 Å². The van der Waals surface area contributed by atoms with Crippen molar-refractivity contribution < 1.29 is 14.6 Å². The summed E-state index contributed by atoms with van der Waals surface area (Å²) in [5, 5.41) is 11.8. The van der Waals surface area contributed by atoms with Gasteiger partial charge in [-0.3, -0.25) is 4.79 Å². The van der Waals surface area contributed by atoms with E-state index in [1.165, 1.54) is 0 Å². The lowest BCUT2D eigenvalue weighted by atomic mass is 10.0. The van der Waals surface area contributed by atoms with Crippen molar-refractivity contribution in [2.45, 2.75) is 6.42 Å². The van der Waals surface area contributed by atoms with E-state index in [0.717, 1.165) is 23.4 Å². The highest BCUT2D eigenvalue weighted by Gasteiger charge is 2.06. The molecule has 0 saturated carbocycles. The molecular weight excluding hydrogens is 218 g/mol. The molecule has 0 fully saturated rings. The predicted molar refractivity (Wildman–Crippen MR) is 67.3 cm³/mol. The number of carboxylic acids is 1. The normalized spacial score (nSPS) is 10.7. The Morgan fingerprint density at radius 3 is 2.88 bits per heavy atom. The average Bonchev–Trinajstić information content (AvgIpc) is 2.30. The number of rotatable bonds is 6. The van der Waals surface area contributed by atoms with E-state index in [4.69, 9.17) is 9.84 Å². The summed E-state index contributed by atoms with van der Waals surface area (Å²) in [6.07, 6.45) is 3.86. The zero-order valence-corrected chi connectivity index (χ0v) is 10.1. The summed E-state index contributed by atoms with van der Waals surface area (Å²) in [5.74, 6) is -0.110. The van der Waals surface area contributed by atoms with E-state index in [9.17, 15) is 4.79 Å². The molecule has 2 N–H and O–H groups in total. The summed E-state index contributed by atoms with van der Waals surface area (Å²) in [6, 6.07) is 5.39. The molecule has 17 heavy (non-hydrogen) atoms. The van der Waals surface area contributed by atoms with Crippen molar-refractivity contribution in [3.05, 3.63) is 35.4 Å². The van der Waals surface area contributed by atoms with Crippen LogP contribution in [0.3, 0.4) is 0 Å². The fourth-order valence-corrected chi connectivity index (χ4v) is 1.48. The van der Waals surface area contributed by atoms with Crippen molar-refractivity contribution in [3.63, 3.8) is 0 Å². The molecule has 0 amide bonds. The van der Waals surface area contributed by atoms with Gasteiger partial charge in [-0.1, -0.05) is 18.2 Å². The molecule has 1 rings (SSSR count). The Balaban J connectivity index is 2.98. The summed E-state index contributed by atoms with van der Waals surface area (Å²) in [4.78, 5) is 10.7. The first-order valence-electron chi connectivity index (χ1n) is 5.37. The molecule has 0 aromatic heterocycles. The molecule has 0 atom stereocenters. The summed E-state index contributed by atoms with van der Waals surface area (Å²) in [7, 11) is 3.45. The van der Waals surface area contributed by atoms with E-state index >= 15 is 0 Å². The smallest absolute Gasteiger partial charge is 0.307 e. The number of aliphatic carboxylic acids is 1. The number of ether oxygens (including phenoxy) is 1. The molecule has 0 unspecified atom stereocenters. The maximum atomic E-state index is 10.7. The second-order valence-corrected chi connectivity index (χ2v) is 3.60. The van der Waals surface area contributed by atoms with Gasteiger partial charge in [-0.15, -0.1) is 0 Å². The molecule has 0 aliphatic rings. The molecular formula is C13H17NO3. The molecule has 0 bridgehead atoms. The Kier molecular flexibility index (Phi) is 5.23. The second kappa shape index (κ2) is 6.70. The number of carboxylic acid groups (broad SMARTS) is 1. The summed E-state index contributed by atoms with van der Waals surface area (Å²) in [6.45, 7) is 0.740. The van der Waals surface area contributed by atoms with Gasteiger partial charge in [0.05, 0.1) is 13.5 Å². The molecule has 4 heteroatoms. The number of likely N-dealkylation sites (N-methyl/N-ethyl adjacent to an activating group) is 1. The largest absolute Gasteiger partial charge is 0.497 e. The first-order valence-corrected chi connectivity index (χ1v) is 5.37. The maximum absolute atomic E-state index is 10.7. The van der Waals surface area contributed by atoms with Crippen molar-refractivity contribution in [1.82, 2.24) is 5.32 Å². The molecule has 0 heterocycles. The lowest BCUT2D eigenvalue weighted by Crippen LogP contribution is -2.04. The van der Waals surface area contributed by atoms with Gasteiger partial charge in [0.2, 0.25) is 0 Å². The fourth-order valence-electron chi connectivity index (χ4n) is 1.48. The van der Waals surface area contributed by atoms with Gasteiger partial charge in [0.15, 0.2) is 0 Å². The van der Waals surface area contributed by atoms with E-state index in [1.807, 2.05) is 25.3 Å². The Morgan fingerprint density at radius 1 is 1.53 bits per heavy atom. The zero-order chi connectivity index (χ0) is 12.7. The minimum absolute atomic E-state index is 0.0171. The topological polar surface area (TPSA) is 58.6 Å². The number of carbonyl (C=O) groups is 1. The molecule has 0 aliphatic heterocycles. The van der Waals surface area contributed by atoms with Crippen molar-refractivity contribution in [2.75, 3.05) is 20.7 Å². The fraction of sp³-hybridized carbons (Fsp3) is 0.308. The lowest BCUT2D eigenvalue weighted by molar-refractivity contribution is -0.136. The molecule has 1 aromatic carbocycles. The predicted octanol–water partition coefficient (Wildman–Crippen LogP) is 1.55. The summed E-state index contributed by atoms with van der Waals surface area (Å²) in [5.41, 5.74) is 1.66. The van der Waals surface area contributed by atoms with Crippen LogP contribution in [-0.2, 0) is 11.2 Å². The Hall–Kier alpha value is -1.81. The van der Waals surface area contributed by atoms with Gasteiger partial charge in [-0.05, 0) is 30.3 Å². The van der Waals surface area contributed by atoms with E-state index in [1.54, 1.807) is 19.2 Å². The first-order chi connectivity index (χ1) is 8.17. The lowest BCUT2D eigenvalue weighted by Gasteiger charge is -2.06. The highest BCUT2D eigenvalue weighted by Crippen LogP contribution is 2.19. The van der Waals surface area contributed by atoms with Crippen molar-refractivity contribution >= 4 is 12.0 Å². The van der Waals surface area contributed by atoms with E-state index < -0.39 is 5.97 Å². The SMILES string of the molecule is CNCC=Cc1cc(OC)ccc1CC(=O)O. The Morgan fingerprint density at radius 2 is 2.29 bits per heavy atom. The standard InChI is InChI=1S/C13H17NO3/c1-14-7-3-4-10-8-12(17-2)6-5-11(10)9-13(15)16/h3-6,8,14H,7,9H2,1-2H3,(H,15,16). The molecule has 0 saturated heterocycles. The third-order valence-corrected chi connectivity index (χ3v) is 2.31. The summed E-state index contributed by atoms with van der Waals surface area (Å²) >= 11 is 0. The van der Waals surface area contributed by atoms with Crippen molar-refractivity contribution in [2.24, 2.45) is 0 Å². The first kappa shape index (κ1) is 13.3. The van der Waals surface area contributed by atoms with Crippen LogP contribution in [0.1, 0.15) is 11.1 Å². The second-order valence-electron chi connectivity index (χ2n) is 3.60. The quantitative estimate of drug-likeness (QED) is 0.785. The molecule has 92 valence electrons. The van der Waals surface area contributed by atoms with Crippen LogP contribution >= 0.6 is 0 Å². The van der Waals surface area contributed by atoms with Gasteiger partial charge in [0.25, 0.3) is 0 Å². The molecule has 0 radical (unpaired) electrons. The summed E-state index contributed by atoms with van der Waals surface area (Å²) < 4.78 is 5.12. The zero-order valence-electron chi connectivity index (χ0n) is 10.1. The van der Waals surface area contributed by atoms with Crippen LogP contribution in [0.25, 0.3) is 6.08 Å². The van der Waals surface area contributed by atoms with Gasteiger partial charge >= 0.3 is 5.97 Å². The van der Waals surface area contributed by atoms with Crippen LogP contribution in [0.2, 0.25) is 0 Å². The third kappa shape index (κ3) is 4.28. The van der Waals surface area contributed by atoms with E-state index in [2.05, 4.69) is 5.32 Å². The molecule has 0 aliphatic carbocycles. The third-order valence-electron chi connectivity index (χ3n) is 2.31. The van der Waals surface area contributed by atoms with Crippen LogP contribution in [0.15, 0.2) is 24.3 Å². The Labute approximate surface area is 101 Å². The number of hydrogen-bond acceptors (Lipinski definition) is 3. The van der Waals surface area contributed by atoms with E-state index in [0.29, 0.717) is 0 Å². The minimum Gasteiger partial charge on any atom is -0.497 e. The van der Waals surface area contributed by atoms with E-state index in [-0.39, 0.29) is 6.42 Å². The van der Waals surface area contributed by atoms with Gasteiger partial charge in [0, 0.05) is 6.54 Å². The van der Waals surface area contributed by atoms with Crippen LogP contribution in [0.4, 0.5) is 0 Å². The highest BCUT2D eigenvalue weighted by atomic mass is 16.5. The van der Waals surface area contributed by atoms with Crippen molar-refractivity contribution in [3.8, 4) is 5.75 Å². The van der Waals surface area contributed by atoms with Gasteiger partial charge in [-0.25, -0.2) is 0 Å². The monoisotopic (exact) mass is 235 g/mol. The molecule has 4 nitrogen and oxygen atoms in total. The van der Waals surface area contributed by atoms with Crippen LogP contribution < -0.4 is 10.1 Å². The van der Waals surface area contributed by atoms with Gasteiger partial charge in [-0.2, -0.15) is 0 Å².